The summed E-state index contributed by atoms with van der Waals surface area (Å²) >= 11 is 0. The van der Waals surface area contributed by atoms with Crippen LogP contribution >= 0.6 is 0 Å². The van der Waals surface area contributed by atoms with Crippen LogP contribution in [0.2, 0.25) is 0 Å². The molecule has 0 atom stereocenters. The summed E-state index contributed by atoms with van der Waals surface area (Å²) in [5, 5.41) is 2.73. The Morgan fingerprint density at radius 2 is 1.49 bits per heavy atom. The minimum absolute atomic E-state index is 0.0408. The summed E-state index contributed by atoms with van der Waals surface area (Å²) < 4.78 is 52.9. The van der Waals surface area contributed by atoms with Crippen molar-refractivity contribution in [2.45, 2.75) is 11.8 Å². The Morgan fingerprint density at radius 3 is 2.16 bits per heavy atom. The fourth-order valence-corrected chi connectivity index (χ4v) is 4.94. The summed E-state index contributed by atoms with van der Waals surface area (Å²) in [6.07, 6.45) is 0. The Morgan fingerprint density at radius 1 is 0.838 bits per heavy atom. The molecule has 4 aromatic rings. The second-order valence-corrected chi connectivity index (χ2v) is 9.71. The third-order valence-electron chi connectivity index (χ3n) is 5.26. The zero-order valence-electron chi connectivity index (χ0n) is 20.0. The number of sulfonamides is 1. The number of benzene rings is 4. The molecule has 0 radical (unpaired) electrons. The molecule has 0 saturated heterocycles. The molecule has 0 saturated carbocycles. The predicted molar refractivity (Wildman–Crippen MR) is 140 cm³/mol. The van der Waals surface area contributed by atoms with Gasteiger partial charge in [0.25, 0.3) is 10.0 Å². The first-order valence-electron chi connectivity index (χ1n) is 11.5. The van der Waals surface area contributed by atoms with Gasteiger partial charge in [-0.1, -0.05) is 30.3 Å². The van der Waals surface area contributed by atoms with Crippen molar-refractivity contribution in [3.8, 4) is 17.2 Å². The van der Waals surface area contributed by atoms with Crippen molar-refractivity contribution in [3.05, 3.63) is 109 Å². The average molecular weight is 521 g/mol. The summed E-state index contributed by atoms with van der Waals surface area (Å²) in [6.45, 7) is 1.70. The lowest BCUT2D eigenvalue weighted by atomic mass is 10.2. The standard InChI is InChI=1S/C28H25FN2O5S/c1-2-35-23-16-18-25(19-17-23)37(33,34)31(22-14-12-21(29)13-15-22)20-28(32)30-26-10-6-7-11-27(26)36-24-8-4-3-5-9-24/h3-19H,2,20H2,1H3,(H,30,32). The number of anilines is 2. The van der Waals surface area contributed by atoms with Gasteiger partial charge in [0.2, 0.25) is 5.91 Å². The second-order valence-electron chi connectivity index (χ2n) is 7.85. The van der Waals surface area contributed by atoms with E-state index in [1.807, 2.05) is 25.1 Å². The summed E-state index contributed by atoms with van der Waals surface area (Å²) in [6, 6.07) is 26.6. The van der Waals surface area contributed by atoms with Crippen molar-refractivity contribution < 1.29 is 27.1 Å². The van der Waals surface area contributed by atoms with E-state index in [-0.39, 0.29) is 10.6 Å². The zero-order chi connectivity index (χ0) is 26.3. The quantitative estimate of drug-likeness (QED) is 0.284. The van der Waals surface area contributed by atoms with Crippen molar-refractivity contribution in [3.63, 3.8) is 0 Å². The molecule has 0 aliphatic heterocycles. The molecule has 190 valence electrons. The molecule has 0 bridgehead atoms. The molecule has 0 aromatic heterocycles. The highest BCUT2D eigenvalue weighted by atomic mass is 32.2. The van der Waals surface area contributed by atoms with Gasteiger partial charge in [0.1, 0.15) is 23.9 Å². The number of rotatable bonds is 10. The van der Waals surface area contributed by atoms with Crippen LogP contribution in [0.3, 0.4) is 0 Å². The number of halogens is 1. The molecule has 0 heterocycles. The number of amides is 1. The molecule has 4 aromatic carbocycles. The average Bonchev–Trinajstić information content (AvgIpc) is 2.90. The number of ether oxygens (including phenoxy) is 2. The highest BCUT2D eigenvalue weighted by Gasteiger charge is 2.28. The van der Waals surface area contributed by atoms with Gasteiger partial charge in [-0.25, -0.2) is 12.8 Å². The van der Waals surface area contributed by atoms with E-state index in [4.69, 9.17) is 9.47 Å². The molecule has 0 spiro atoms. The lowest BCUT2D eigenvalue weighted by molar-refractivity contribution is -0.114. The van der Waals surface area contributed by atoms with Crippen LogP contribution in [-0.4, -0.2) is 27.5 Å². The lowest BCUT2D eigenvalue weighted by Gasteiger charge is -2.24. The van der Waals surface area contributed by atoms with Crippen LogP contribution in [0.5, 0.6) is 17.2 Å². The maximum absolute atomic E-state index is 13.6. The first-order valence-corrected chi connectivity index (χ1v) is 12.9. The van der Waals surface area contributed by atoms with E-state index in [1.165, 1.54) is 36.4 Å². The predicted octanol–water partition coefficient (Wildman–Crippen LogP) is 5.85. The summed E-state index contributed by atoms with van der Waals surface area (Å²) in [5.74, 6) is 0.351. The summed E-state index contributed by atoms with van der Waals surface area (Å²) in [4.78, 5) is 13.1. The van der Waals surface area contributed by atoms with Crippen molar-refractivity contribution in [2.24, 2.45) is 0 Å². The first kappa shape index (κ1) is 25.7. The molecule has 0 aliphatic rings. The molecular formula is C28H25FN2O5S. The number of carbonyl (C=O) groups excluding carboxylic acids is 1. The van der Waals surface area contributed by atoms with Crippen LogP contribution in [0, 0.1) is 5.82 Å². The van der Waals surface area contributed by atoms with Gasteiger partial charge in [0.15, 0.2) is 5.75 Å². The number of para-hydroxylation sites is 3. The van der Waals surface area contributed by atoms with E-state index in [0.717, 1.165) is 16.4 Å². The van der Waals surface area contributed by atoms with E-state index in [2.05, 4.69) is 5.32 Å². The molecule has 1 amide bonds. The zero-order valence-corrected chi connectivity index (χ0v) is 20.8. The molecule has 7 nitrogen and oxygen atoms in total. The van der Waals surface area contributed by atoms with Crippen LogP contribution in [0.4, 0.5) is 15.8 Å². The smallest absolute Gasteiger partial charge is 0.264 e. The summed E-state index contributed by atoms with van der Waals surface area (Å²) in [5.41, 5.74) is 0.508. The molecule has 4 rings (SSSR count). The Kier molecular flexibility index (Phi) is 8.05. The number of nitrogens with zero attached hydrogens (tertiary/aromatic N) is 1. The minimum Gasteiger partial charge on any atom is -0.494 e. The number of hydrogen-bond acceptors (Lipinski definition) is 5. The topological polar surface area (TPSA) is 84.9 Å². The van der Waals surface area contributed by atoms with Crippen molar-refractivity contribution in [1.82, 2.24) is 0 Å². The van der Waals surface area contributed by atoms with Crippen LogP contribution in [0.15, 0.2) is 108 Å². The molecule has 0 aliphatic carbocycles. The van der Waals surface area contributed by atoms with Crippen LogP contribution in [0.25, 0.3) is 0 Å². The van der Waals surface area contributed by atoms with E-state index in [1.54, 1.807) is 36.4 Å². The fraction of sp³-hybridized carbons (Fsp3) is 0.107. The molecule has 0 unspecified atom stereocenters. The lowest BCUT2D eigenvalue weighted by Crippen LogP contribution is -2.38. The van der Waals surface area contributed by atoms with E-state index in [0.29, 0.717) is 29.5 Å². The molecule has 9 heteroatoms. The number of hydrogen-bond donors (Lipinski definition) is 1. The third-order valence-corrected chi connectivity index (χ3v) is 7.04. The van der Waals surface area contributed by atoms with Crippen molar-refractivity contribution in [2.75, 3.05) is 22.8 Å². The SMILES string of the molecule is CCOc1ccc(S(=O)(=O)N(CC(=O)Nc2ccccc2Oc2ccccc2)c2ccc(F)cc2)cc1. The van der Waals surface area contributed by atoms with Crippen LogP contribution < -0.4 is 19.1 Å². The van der Waals surface area contributed by atoms with Crippen molar-refractivity contribution >= 4 is 27.3 Å². The van der Waals surface area contributed by atoms with Gasteiger partial charge < -0.3 is 14.8 Å². The van der Waals surface area contributed by atoms with Crippen molar-refractivity contribution in [1.29, 1.82) is 0 Å². The Labute approximate surface area is 215 Å². The Balaban J connectivity index is 1.60. The maximum atomic E-state index is 13.6. The van der Waals surface area contributed by atoms with Gasteiger partial charge in [-0.15, -0.1) is 0 Å². The third kappa shape index (κ3) is 6.45. The molecular weight excluding hydrogens is 495 g/mol. The number of nitrogens with one attached hydrogen (secondary N) is 1. The van der Waals surface area contributed by atoms with Crippen LogP contribution in [0.1, 0.15) is 6.92 Å². The largest absolute Gasteiger partial charge is 0.494 e. The van der Waals surface area contributed by atoms with E-state index < -0.39 is 28.3 Å². The second kappa shape index (κ2) is 11.6. The molecule has 1 N–H and O–H groups in total. The maximum Gasteiger partial charge on any atom is 0.264 e. The molecule has 0 fully saturated rings. The van der Waals surface area contributed by atoms with Gasteiger partial charge in [0.05, 0.1) is 22.9 Å². The Bertz CT molecular complexity index is 1440. The highest BCUT2D eigenvalue weighted by molar-refractivity contribution is 7.92. The van der Waals surface area contributed by atoms with Gasteiger partial charge in [-0.05, 0) is 79.7 Å². The van der Waals surface area contributed by atoms with Gasteiger partial charge in [-0.3, -0.25) is 9.10 Å². The van der Waals surface area contributed by atoms with E-state index in [9.17, 15) is 17.6 Å². The summed E-state index contributed by atoms with van der Waals surface area (Å²) in [7, 11) is -4.18. The van der Waals surface area contributed by atoms with Crippen LogP contribution in [-0.2, 0) is 14.8 Å². The minimum atomic E-state index is -4.18. The van der Waals surface area contributed by atoms with Gasteiger partial charge >= 0.3 is 0 Å². The number of carbonyl (C=O) groups is 1. The fourth-order valence-electron chi connectivity index (χ4n) is 3.52. The van der Waals surface area contributed by atoms with Gasteiger partial charge in [0, 0.05) is 0 Å². The van der Waals surface area contributed by atoms with Gasteiger partial charge in [-0.2, -0.15) is 0 Å². The molecule has 37 heavy (non-hydrogen) atoms. The normalized spacial score (nSPS) is 11.0. The monoisotopic (exact) mass is 520 g/mol. The highest BCUT2D eigenvalue weighted by Crippen LogP contribution is 2.30. The van der Waals surface area contributed by atoms with E-state index >= 15 is 0 Å². The Hall–Kier alpha value is -4.37. The first-order chi connectivity index (χ1) is 17.9.